The number of rotatable bonds is 4. The number of nitrogens with zero attached hydrogens (tertiary/aromatic N) is 1. The number of amides is 1. The first-order valence-corrected chi connectivity index (χ1v) is 8.46. The van der Waals surface area contributed by atoms with E-state index in [1.54, 1.807) is 0 Å². The third kappa shape index (κ3) is 3.66. The number of sulfone groups is 1. The minimum Gasteiger partial charge on any atom is -0.273 e. The van der Waals surface area contributed by atoms with Crippen molar-refractivity contribution >= 4 is 21.5 Å². The number of benzene rings is 1. The second-order valence-corrected chi connectivity index (χ2v) is 7.08. The molecule has 0 saturated carbocycles. The quantitative estimate of drug-likeness (QED) is 0.673. The Morgan fingerprint density at radius 1 is 1.35 bits per heavy atom. The molecule has 1 heterocycles. The Morgan fingerprint density at radius 2 is 2.05 bits per heavy atom. The second kappa shape index (κ2) is 6.17. The van der Waals surface area contributed by atoms with Gasteiger partial charge in [-0.15, -0.1) is 0 Å². The minimum absolute atomic E-state index is 0.0683. The van der Waals surface area contributed by atoms with Gasteiger partial charge in [-0.2, -0.15) is 5.10 Å². The summed E-state index contributed by atoms with van der Waals surface area (Å²) < 4.78 is 22.7. The van der Waals surface area contributed by atoms with Crippen molar-refractivity contribution in [3.05, 3.63) is 35.9 Å². The maximum absolute atomic E-state index is 11.9. The van der Waals surface area contributed by atoms with Crippen LogP contribution in [0.15, 0.2) is 35.4 Å². The zero-order valence-corrected chi connectivity index (χ0v) is 12.2. The summed E-state index contributed by atoms with van der Waals surface area (Å²) in [6, 6.07) is 9.58. The summed E-state index contributed by atoms with van der Waals surface area (Å²) in [5.41, 5.74) is 4.23. The first-order valence-electron chi connectivity index (χ1n) is 6.64. The van der Waals surface area contributed by atoms with Crippen LogP contribution in [0, 0.1) is 5.92 Å². The van der Waals surface area contributed by atoms with E-state index in [0.717, 1.165) is 11.3 Å². The molecular formula is C14H18N2O3S. The van der Waals surface area contributed by atoms with Gasteiger partial charge in [0.1, 0.15) is 0 Å². The van der Waals surface area contributed by atoms with Crippen molar-refractivity contribution < 1.29 is 13.2 Å². The Morgan fingerprint density at radius 3 is 2.60 bits per heavy atom. The van der Waals surface area contributed by atoms with Crippen LogP contribution in [0.5, 0.6) is 0 Å². The molecule has 0 radical (unpaired) electrons. The maximum Gasteiger partial charge on any atom is 0.244 e. The van der Waals surface area contributed by atoms with Crippen molar-refractivity contribution in [3.8, 4) is 0 Å². The lowest BCUT2D eigenvalue weighted by Crippen LogP contribution is -2.28. The van der Waals surface area contributed by atoms with E-state index in [-0.39, 0.29) is 17.4 Å². The van der Waals surface area contributed by atoms with E-state index in [4.69, 9.17) is 0 Å². The summed E-state index contributed by atoms with van der Waals surface area (Å²) in [7, 11) is -3.05. The van der Waals surface area contributed by atoms with E-state index in [0.29, 0.717) is 12.8 Å². The third-order valence-corrected chi connectivity index (χ3v) is 5.11. The van der Waals surface area contributed by atoms with E-state index < -0.39 is 15.8 Å². The Labute approximate surface area is 119 Å². The molecule has 1 atom stereocenters. The van der Waals surface area contributed by atoms with Gasteiger partial charge in [0.2, 0.25) is 5.91 Å². The van der Waals surface area contributed by atoms with Crippen LogP contribution in [0.4, 0.5) is 0 Å². The molecule has 0 bridgehead atoms. The first-order chi connectivity index (χ1) is 9.52. The van der Waals surface area contributed by atoms with E-state index >= 15 is 0 Å². The van der Waals surface area contributed by atoms with E-state index in [9.17, 15) is 13.2 Å². The van der Waals surface area contributed by atoms with Crippen LogP contribution in [0.1, 0.15) is 25.3 Å². The second-order valence-electron chi connectivity index (χ2n) is 4.85. The predicted molar refractivity (Wildman–Crippen MR) is 78.2 cm³/mol. The molecule has 0 unspecified atom stereocenters. The molecule has 108 valence electrons. The van der Waals surface area contributed by atoms with Crippen LogP contribution < -0.4 is 5.43 Å². The number of nitrogens with one attached hydrogen (secondary N) is 1. The monoisotopic (exact) mass is 294 g/mol. The molecule has 1 aromatic rings. The lowest BCUT2D eigenvalue weighted by atomic mass is 10.1. The molecule has 1 amide bonds. The molecule has 1 fully saturated rings. The molecule has 2 rings (SSSR count). The number of hydrogen-bond donors (Lipinski definition) is 1. The molecule has 0 aliphatic carbocycles. The van der Waals surface area contributed by atoms with E-state index in [2.05, 4.69) is 10.5 Å². The highest BCUT2D eigenvalue weighted by molar-refractivity contribution is 7.91. The topological polar surface area (TPSA) is 75.6 Å². The number of carbonyl (C=O) groups is 1. The van der Waals surface area contributed by atoms with Crippen LogP contribution in [-0.2, 0) is 14.6 Å². The van der Waals surface area contributed by atoms with Gasteiger partial charge in [-0.05, 0) is 18.4 Å². The molecule has 0 aromatic heterocycles. The first kappa shape index (κ1) is 14.7. The highest BCUT2D eigenvalue weighted by Gasteiger charge is 2.32. The Balaban J connectivity index is 2.03. The molecular weight excluding hydrogens is 276 g/mol. The van der Waals surface area contributed by atoms with Gasteiger partial charge >= 0.3 is 0 Å². The zero-order chi connectivity index (χ0) is 14.6. The fourth-order valence-electron chi connectivity index (χ4n) is 2.19. The number of hydrogen-bond acceptors (Lipinski definition) is 4. The van der Waals surface area contributed by atoms with Gasteiger partial charge in [0.05, 0.1) is 23.1 Å². The molecule has 1 aromatic carbocycles. The molecule has 1 aliphatic rings. The van der Waals surface area contributed by atoms with Crippen LogP contribution in [0.3, 0.4) is 0 Å². The SMILES string of the molecule is CC/C(=N/NC(=O)[C@@H]1CCS(=O)(=O)C1)c1ccccc1. The predicted octanol–water partition coefficient (Wildman–Crippen LogP) is 1.35. The van der Waals surface area contributed by atoms with Gasteiger partial charge in [-0.1, -0.05) is 37.3 Å². The van der Waals surface area contributed by atoms with Crippen LogP contribution in [0.25, 0.3) is 0 Å². The van der Waals surface area contributed by atoms with Gasteiger partial charge < -0.3 is 0 Å². The van der Waals surface area contributed by atoms with Crippen molar-refractivity contribution in [3.63, 3.8) is 0 Å². The summed E-state index contributed by atoms with van der Waals surface area (Å²) in [5.74, 6) is -0.763. The van der Waals surface area contributed by atoms with Crippen LogP contribution in [0.2, 0.25) is 0 Å². The average Bonchev–Trinajstić information content (AvgIpc) is 2.81. The van der Waals surface area contributed by atoms with Gasteiger partial charge in [0.15, 0.2) is 9.84 Å². The van der Waals surface area contributed by atoms with E-state index in [1.807, 2.05) is 37.3 Å². The lowest BCUT2D eigenvalue weighted by Gasteiger charge is -2.08. The van der Waals surface area contributed by atoms with Crippen molar-refractivity contribution in [1.82, 2.24) is 5.43 Å². The molecule has 6 heteroatoms. The normalized spacial score (nSPS) is 21.6. The Kier molecular flexibility index (Phi) is 4.54. The summed E-state index contributed by atoms with van der Waals surface area (Å²) >= 11 is 0. The van der Waals surface area contributed by atoms with E-state index in [1.165, 1.54) is 0 Å². The summed E-state index contributed by atoms with van der Waals surface area (Å²) in [5, 5.41) is 4.13. The Bertz CT molecular complexity index is 609. The highest BCUT2D eigenvalue weighted by atomic mass is 32.2. The van der Waals surface area contributed by atoms with Crippen molar-refractivity contribution in [2.45, 2.75) is 19.8 Å². The van der Waals surface area contributed by atoms with Gasteiger partial charge in [-0.3, -0.25) is 4.79 Å². The smallest absolute Gasteiger partial charge is 0.244 e. The van der Waals surface area contributed by atoms with Crippen molar-refractivity contribution in [2.24, 2.45) is 11.0 Å². The fourth-order valence-corrected chi connectivity index (χ4v) is 3.94. The van der Waals surface area contributed by atoms with Crippen molar-refractivity contribution in [1.29, 1.82) is 0 Å². The number of carbonyl (C=O) groups excluding carboxylic acids is 1. The van der Waals surface area contributed by atoms with Gasteiger partial charge in [0, 0.05) is 0 Å². The summed E-state index contributed by atoms with van der Waals surface area (Å²) in [6.45, 7) is 1.96. The summed E-state index contributed by atoms with van der Waals surface area (Å²) in [6.07, 6.45) is 1.07. The van der Waals surface area contributed by atoms with Crippen molar-refractivity contribution in [2.75, 3.05) is 11.5 Å². The standard InChI is InChI=1S/C14H18N2O3S/c1-2-13(11-6-4-3-5-7-11)15-16-14(17)12-8-9-20(18,19)10-12/h3-7,12H,2,8-10H2,1H3,(H,16,17)/b15-13-/t12-/m1/s1. The fraction of sp³-hybridized carbons (Fsp3) is 0.429. The van der Waals surface area contributed by atoms with Gasteiger partial charge in [0.25, 0.3) is 0 Å². The largest absolute Gasteiger partial charge is 0.273 e. The molecule has 1 saturated heterocycles. The maximum atomic E-state index is 11.9. The third-order valence-electron chi connectivity index (χ3n) is 3.35. The highest BCUT2D eigenvalue weighted by Crippen LogP contribution is 2.18. The molecule has 5 nitrogen and oxygen atoms in total. The summed E-state index contributed by atoms with van der Waals surface area (Å²) in [4.78, 5) is 11.9. The number of hydrazone groups is 1. The average molecular weight is 294 g/mol. The minimum atomic E-state index is -3.05. The molecule has 1 N–H and O–H groups in total. The lowest BCUT2D eigenvalue weighted by molar-refractivity contribution is -0.124. The van der Waals surface area contributed by atoms with Crippen LogP contribution >= 0.6 is 0 Å². The molecule has 20 heavy (non-hydrogen) atoms. The van der Waals surface area contributed by atoms with Crippen LogP contribution in [-0.4, -0.2) is 31.5 Å². The Hall–Kier alpha value is -1.69. The zero-order valence-electron chi connectivity index (χ0n) is 11.4. The van der Waals surface area contributed by atoms with Gasteiger partial charge in [-0.25, -0.2) is 13.8 Å². The molecule has 1 aliphatic heterocycles. The molecule has 0 spiro atoms.